The molecule has 0 aromatic heterocycles. The Kier molecular flexibility index (Phi) is 3.33. The van der Waals surface area contributed by atoms with Crippen molar-refractivity contribution in [2.24, 2.45) is 11.8 Å². The number of hydrogen-bond acceptors (Lipinski definition) is 2. The van der Waals surface area contributed by atoms with E-state index in [1.807, 2.05) is 18.2 Å². The molecular weight excluding hydrogens is 248 g/mol. The fourth-order valence-corrected chi connectivity index (χ4v) is 3.95. The van der Waals surface area contributed by atoms with Crippen LogP contribution in [0.5, 0.6) is 0 Å². The lowest BCUT2D eigenvalue weighted by atomic mass is 9.84. The number of carbonyl (C=O) groups is 1. The molecule has 1 N–H and O–H groups in total. The third kappa shape index (κ3) is 1.96. The zero-order valence-electron chi connectivity index (χ0n) is 12.6. The monoisotopic (exact) mass is 272 g/mol. The molecule has 2 unspecified atom stereocenters. The maximum atomic E-state index is 13.0. The van der Waals surface area contributed by atoms with Crippen LogP contribution in [0, 0.1) is 11.8 Å². The van der Waals surface area contributed by atoms with Crippen LogP contribution >= 0.6 is 0 Å². The maximum Gasteiger partial charge on any atom is 0.254 e. The first kappa shape index (κ1) is 13.6. The molecule has 2 aliphatic rings. The first-order valence-corrected chi connectivity index (χ1v) is 7.66. The second-order valence-electron chi connectivity index (χ2n) is 6.60. The largest absolute Gasteiger partial charge is 0.333 e. The molecule has 3 rings (SSSR count). The summed E-state index contributed by atoms with van der Waals surface area (Å²) in [5, 5.41) is 3.46. The third-order valence-electron chi connectivity index (χ3n) is 5.23. The van der Waals surface area contributed by atoms with Gasteiger partial charge < -0.3 is 10.2 Å². The molecule has 1 aromatic carbocycles. The van der Waals surface area contributed by atoms with Crippen molar-refractivity contribution in [3.8, 4) is 0 Å². The fourth-order valence-electron chi connectivity index (χ4n) is 3.95. The number of rotatable bonds is 2. The van der Waals surface area contributed by atoms with E-state index in [9.17, 15) is 4.79 Å². The summed E-state index contributed by atoms with van der Waals surface area (Å²) < 4.78 is 0. The molecule has 0 spiro atoms. The van der Waals surface area contributed by atoms with Crippen LogP contribution < -0.4 is 5.32 Å². The van der Waals surface area contributed by atoms with Gasteiger partial charge in [0.25, 0.3) is 5.91 Å². The van der Waals surface area contributed by atoms with Crippen LogP contribution in [0.3, 0.4) is 0 Å². The molecule has 0 radical (unpaired) electrons. The number of hydrogen-bond donors (Lipinski definition) is 1. The van der Waals surface area contributed by atoms with Crippen LogP contribution in [-0.2, 0) is 6.42 Å². The van der Waals surface area contributed by atoms with Gasteiger partial charge in [-0.3, -0.25) is 4.79 Å². The summed E-state index contributed by atoms with van der Waals surface area (Å²) in [5.41, 5.74) is 1.99. The number of amides is 1. The Morgan fingerprint density at radius 2 is 2.10 bits per heavy atom. The minimum atomic E-state index is -0.0495. The lowest BCUT2D eigenvalue weighted by Crippen LogP contribution is -2.47. The third-order valence-corrected chi connectivity index (χ3v) is 5.23. The Balaban J connectivity index is 1.91. The Bertz CT molecular complexity index is 523. The summed E-state index contributed by atoms with van der Waals surface area (Å²) in [6, 6.07) is 8.03. The average molecular weight is 272 g/mol. The van der Waals surface area contributed by atoms with Crippen molar-refractivity contribution in [1.29, 1.82) is 0 Å². The topological polar surface area (TPSA) is 32.3 Å². The van der Waals surface area contributed by atoms with Crippen molar-refractivity contribution in [1.82, 2.24) is 10.2 Å². The molecule has 1 amide bonds. The average Bonchev–Trinajstić information content (AvgIpc) is 3.00. The normalized spacial score (nSPS) is 27.6. The van der Waals surface area contributed by atoms with Crippen molar-refractivity contribution in [2.75, 3.05) is 19.6 Å². The van der Waals surface area contributed by atoms with E-state index in [1.165, 1.54) is 0 Å². The zero-order chi connectivity index (χ0) is 14.3. The van der Waals surface area contributed by atoms with Gasteiger partial charge in [0.2, 0.25) is 0 Å². The van der Waals surface area contributed by atoms with Crippen molar-refractivity contribution in [3.63, 3.8) is 0 Å². The summed E-state index contributed by atoms with van der Waals surface area (Å²) in [4.78, 5) is 15.1. The molecular formula is C17H24N2O. The predicted octanol–water partition coefficient (Wildman–Crippen LogP) is 2.32. The van der Waals surface area contributed by atoms with Crippen molar-refractivity contribution < 1.29 is 4.79 Å². The number of nitrogens with one attached hydrogen (secondary N) is 1. The molecule has 2 saturated heterocycles. The van der Waals surface area contributed by atoms with E-state index in [-0.39, 0.29) is 11.4 Å². The van der Waals surface area contributed by atoms with Crippen molar-refractivity contribution in [3.05, 3.63) is 35.4 Å². The van der Waals surface area contributed by atoms with E-state index >= 15 is 0 Å². The molecule has 2 fully saturated rings. The number of likely N-dealkylation sites (tertiary alicyclic amines) is 1. The molecule has 0 saturated carbocycles. The summed E-state index contributed by atoms with van der Waals surface area (Å²) in [6.07, 6.45) is 0.907. The van der Waals surface area contributed by atoms with Gasteiger partial charge in [-0.1, -0.05) is 25.1 Å². The van der Waals surface area contributed by atoms with E-state index < -0.39 is 0 Å². The summed E-state index contributed by atoms with van der Waals surface area (Å²) >= 11 is 0. The van der Waals surface area contributed by atoms with Gasteiger partial charge in [0.15, 0.2) is 0 Å². The highest BCUT2D eigenvalue weighted by molar-refractivity contribution is 5.96. The SMILES string of the molecule is CCc1ccccc1C(=O)N1CC2CNCC2C1(C)C. The van der Waals surface area contributed by atoms with Gasteiger partial charge in [-0.15, -0.1) is 0 Å². The highest BCUT2D eigenvalue weighted by Crippen LogP contribution is 2.41. The fraction of sp³-hybridized carbons (Fsp3) is 0.588. The number of benzene rings is 1. The Morgan fingerprint density at radius 1 is 1.35 bits per heavy atom. The zero-order valence-corrected chi connectivity index (χ0v) is 12.6. The molecule has 0 bridgehead atoms. The molecule has 0 aliphatic carbocycles. The van der Waals surface area contributed by atoms with E-state index in [1.54, 1.807) is 0 Å². The van der Waals surface area contributed by atoms with Gasteiger partial charge in [-0.25, -0.2) is 0 Å². The summed E-state index contributed by atoms with van der Waals surface area (Å²) in [5.74, 6) is 1.41. The number of aryl methyl sites for hydroxylation is 1. The minimum absolute atomic E-state index is 0.0495. The van der Waals surface area contributed by atoms with Gasteiger partial charge in [-0.05, 0) is 43.7 Å². The van der Waals surface area contributed by atoms with Crippen LogP contribution in [-0.4, -0.2) is 36.0 Å². The Hall–Kier alpha value is -1.35. The van der Waals surface area contributed by atoms with Crippen LogP contribution in [0.1, 0.15) is 36.7 Å². The smallest absolute Gasteiger partial charge is 0.254 e. The molecule has 3 nitrogen and oxygen atoms in total. The minimum Gasteiger partial charge on any atom is -0.333 e. The van der Waals surface area contributed by atoms with Crippen LogP contribution in [0.15, 0.2) is 24.3 Å². The van der Waals surface area contributed by atoms with Gasteiger partial charge >= 0.3 is 0 Å². The van der Waals surface area contributed by atoms with Crippen LogP contribution in [0.4, 0.5) is 0 Å². The number of nitrogens with zero attached hydrogens (tertiary/aromatic N) is 1. The Morgan fingerprint density at radius 3 is 2.80 bits per heavy atom. The number of carbonyl (C=O) groups excluding carboxylic acids is 1. The number of fused-ring (bicyclic) bond motifs is 1. The van der Waals surface area contributed by atoms with E-state index in [0.717, 1.165) is 37.2 Å². The molecule has 20 heavy (non-hydrogen) atoms. The molecule has 108 valence electrons. The van der Waals surface area contributed by atoms with E-state index in [2.05, 4.69) is 37.1 Å². The highest BCUT2D eigenvalue weighted by atomic mass is 16.2. The second-order valence-corrected chi connectivity index (χ2v) is 6.60. The lowest BCUT2D eigenvalue weighted by molar-refractivity contribution is 0.0602. The summed E-state index contributed by atoms with van der Waals surface area (Å²) in [7, 11) is 0. The van der Waals surface area contributed by atoms with E-state index in [0.29, 0.717) is 11.8 Å². The second kappa shape index (κ2) is 4.88. The predicted molar refractivity (Wildman–Crippen MR) is 80.8 cm³/mol. The highest BCUT2D eigenvalue weighted by Gasteiger charge is 2.51. The first-order chi connectivity index (χ1) is 9.55. The standard InChI is InChI=1S/C17H24N2O/c1-4-12-7-5-6-8-14(12)16(20)19-11-13-9-18-10-15(13)17(19,2)3/h5-8,13,15,18H,4,9-11H2,1-3H3. The summed E-state index contributed by atoms with van der Waals surface area (Å²) in [6.45, 7) is 9.53. The van der Waals surface area contributed by atoms with Crippen molar-refractivity contribution >= 4 is 5.91 Å². The molecule has 2 heterocycles. The molecule has 2 aliphatic heterocycles. The first-order valence-electron chi connectivity index (χ1n) is 7.66. The van der Waals surface area contributed by atoms with Gasteiger partial charge in [0.1, 0.15) is 0 Å². The quantitative estimate of drug-likeness (QED) is 0.896. The Labute approximate surface area is 121 Å². The molecule has 1 aromatic rings. The van der Waals surface area contributed by atoms with Crippen molar-refractivity contribution in [2.45, 2.75) is 32.7 Å². The van der Waals surface area contributed by atoms with E-state index in [4.69, 9.17) is 0 Å². The van der Waals surface area contributed by atoms with Gasteiger partial charge in [0.05, 0.1) is 0 Å². The van der Waals surface area contributed by atoms with Gasteiger partial charge in [0, 0.05) is 30.7 Å². The van der Waals surface area contributed by atoms with Crippen LogP contribution in [0.25, 0.3) is 0 Å². The molecule has 3 heteroatoms. The van der Waals surface area contributed by atoms with Gasteiger partial charge in [-0.2, -0.15) is 0 Å². The molecule has 2 atom stereocenters. The van der Waals surface area contributed by atoms with Crippen LogP contribution in [0.2, 0.25) is 0 Å². The lowest BCUT2D eigenvalue weighted by Gasteiger charge is -2.36. The maximum absolute atomic E-state index is 13.0.